The fourth-order valence-electron chi connectivity index (χ4n) is 1.72. The number of nitrogens with zero attached hydrogens (tertiary/aromatic N) is 5. The Morgan fingerprint density at radius 2 is 2.26 bits per heavy atom. The fourth-order valence-corrected chi connectivity index (χ4v) is 1.72. The van der Waals surface area contributed by atoms with E-state index in [1.54, 1.807) is 24.7 Å². The molecule has 0 radical (unpaired) electrons. The van der Waals surface area contributed by atoms with Crippen LogP contribution in [-0.2, 0) is 13.6 Å². The maximum Gasteiger partial charge on any atom is 0.262 e. The molecule has 2 heterocycles. The van der Waals surface area contributed by atoms with Gasteiger partial charge in [0.2, 0.25) is 0 Å². The molecule has 2 aromatic rings. The lowest BCUT2D eigenvalue weighted by Crippen LogP contribution is -2.32. The predicted octanol–water partition coefficient (Wildman–Crippen LogP) is -0.572. The second kappa shape index (κ2) is 4.92. The van der Waals surface area contributed by atoms with Crippen LogP contribution in [0.5, 0.6) is 0 Å². The van der Waals surface area contributed by atoms with Crippen molar-refractivity contribution in [1.29, 1.82) is 0 Å². The Balaban J connectivity index is 2.51. The van der Waals surface area contributed by atoms with E-state index in [0.717, 1.165) is 5.69 Å². The van der Waals surface area contributed by atoms with E-state index >= 15 is 0 Å². The summed E-state index contributed by atoms with van der Waals surface area (Å²) in [6, 6.07) is 3.25. The van der Waals surface area contributed by atoms with Crippen LogP contribution < -0.4 is 11.3 Å². The van der Waals surface area contributed by atoms with Crippen LogP contribution in [0.25, 0.3) is 0 Å². The van der Waals surface area contributed by atoms with Crippen molar-refractivity contribution in [2.75, 3.05) is 0 Å². The molecule has 8 heteroatoms. The molecule has 0 aromatic carbocycles. The monoisotopic (exact) mass is 262 g/mol. The maximum atomic E-state index is 12.3. The topological polar surface area (TPSA) is 111 Å². The lowest BCUT2D eigenvalue weighted by Gasteiger charge is -2.10. The van der Waals surface area contributed by atoms with Gasteiger partial charge in [-0.3, -0.25) is 9.48 Å². The molecule has 0 fully saturated rings. The van der Waals surface area contributed by atoms with Crippen molar-refractivity contribution in [3.63, 3.8) is 0 Å². The minimum Gasteiger partial charge on any atom is -0.409 e. The van der Waals surface area contributed by atoms with Crippen molar-refractivity contribution in [2.45, 2.75) is 13.5 Å². The molecule has 0 saturated carbocycles. The molecule has 0 unspecified atom stereocenters. The highest BCUT2D eigenvalue weighted by atomic mass is 16.4. The van der Waals surface area contributed by atoms with Gasteiger partial charge in [0.25, 0.3) is 5.56 Å². The van der Waals surface area contributed by atoms with Gasteiger partial charge in [-0.15, -0.1) is 0 Å². The highest BCUT2D eigenvalue weighted by molar-refractivity contribution is 5.96. The minimum atomic E-state index is -0.335. The van der Waals surface area contributed by atoms with Crippen LogP contribution in [0.1, 0.15) is 17.1 Å². The highest BCUT2D eigenvalue weighted by Gasteiger charge is 2.12. The van der Waals surface area contributed by atoms with E-state index in [2.05, 4.69) is 15.2 Å². The zero-order valence-corrected chi connectivity index (χ0v) is 10.6. The number of amidine groups is 1. The van der Waals surface area contributed by atoms with Crippen molar-refractivity contribution >= 4 is 5.84 Å². The highest BCUT2D eigenvalue weighted by Crippen LogP contribution is 2.02. The Labute approximate surface area is 108 Å². The zero-order chi connectivity index (χ0) is 14.0. The number of hydrogen-bond donors (Lipinski definition) is 2. The van der Waals surface area contributed by atoms with Gasteiger partial charge in [-0.25, -0.2) is 4.98 Å². The van der Waals surface area contributed by atoms with Crippen molar-refractivity contribution in [1.82, 2.24) is 19.3 Å². The Hall–Kier alpha value is -2.64. The van der Waals surface area contributed by atoms with Crippen LogP contribution in [0.15, 0.2) is 28.4 Å². The third kappa shape index (κ3) is 2.32. The average molecular weight is 262 g/mol. The van der Waals surface area contributed by atoms with Crippen LogP contribution >= 0.6 is 0 Å². The number of hydrogen-bond acceptors (Lipinski definition) is 5. The molecular weight excluding hydrogens is 248 g/mol. The van der Waals surface area contributed by atoms with Crippen molar-refractivity contribution in [2.24, 2.45) is 17.9 Å². The van der Waals surface area contributed by atoms with E-state index in [1.807, 2.05) is 0 Å². The summed E-state index contributed by atoms with van der Waals surface area (Å²) in [4.78, 5) is 16.3. The molecule has 0 saturated heterocycles. The van der Waals surface area contributed by atoms with E-state index in [0.29, 0.717) is 5.82 Å². The Bertz CT molecular complexity index is 685. The number of aromatic nitrogens is 4. The van der Waals surface area contributed by atoms with E-state index in [4.69, 9.17) is 10.9 Å². The summed E-state index contributed by atoms with van der Waals surface area (Å²) in [7, 11) is 1.75. The van der Waals surface area contributed by atoms with E-state index in [1.165, 1.54) is 17.0 Å². The zero-order valence-electron chi connectivity index (χ0n) is 10.6. The summed E-state index contributed by atoms with van der Waals surface area (Å²) in [6.07, 6.45) is 1.42. The third-order valence-electron chi connectivity index (χ3n) is 2.88. The summed E-state index contributed by atoms with van der Waals surface area (Å²) in [5.41, 5.74) is 6.04. The van der Waals surface area contributed by atoms with Crippen LogP contribution in [0.2, 0.25) is 0 Å². The van der Waals surface area contributed by atoms with Crippen molar-refractivity contribution in [3.05, 3.63) is 45.9 Å². The van der Waals surface area contributed by atoms with Crippen LogP contribution in [0.4, 0.5) is 0 Å². The quantitative estimate of drug-likeness (QED) is 0.333. The normalized spacial score (nSPS) is 11.8. The fraction of sp³-hybridized carbons (Fsp3) is 0.273. The number of rotatable bonds is 3. The first kappa shape index (κ1) is 12.8. The van der Waals surface area contributed by atoms with E-state index in [-0.39, 0.29) is 23.5 Å². The number of nitrogens with two attached hydrogens (primary N) is 1. The predicted molar refractivity (Wildman–Crippen MR) is 68.1 cm³/mol. The summed E-state index contributed by atoms with van der Waals surface area (Å²) in [5, 5.41) is 15.5. The van der Waals surface area contributed by atoms with E-state index < -0.39 is 0 Å². The summed E-state index contributed by atoms with van der Waals surface area (Å²) in [5.74, 6) is 0.429. The maximum absolute atomic E-state index is 12.3. The minimum absolute atomic E-state index is 0.148. The lowest BCUT2D eigenvalue weighted by atomic mass is 10.2. The van der Waals surface area contributed by atoms with Gasteiger partial charge in [-0.05, 0) is 19.1 Å². The van der Waals surface area contributed by atoms with Crippen molar-refractivity contribution < 1.29 is 5.21 Å². The smallest absolute Gasteiger partial charge is 0.262 e. The van der Waals surface area contributed by atoms with Crippen LogP contribution in [-0.4, -0.2) is 30.4 Å². The molecule has 0 bridgehead atoms. The molecule has 2 aromatic heterocycles. The number of pyridine rings is 1. The molecule has 19 heavy (non-hydrogen) atoms. The largest absolute Gasteiger partial charge is 0.409 e. The van der Waals surface area contributed by atoms with Gasteiger partial charge >= 0.3 is 0 Å². The SMILES string of the molecule is Cc1ccc(/C(N)=N/O)c(=O)n1Cc1ncnn1C. The Morgan fingerprint density at radius 3 is 2.84 bits per heavy atom. The van der Waals surface area contributed by atoms with Gasteiger partial charge in [0.1, 0.15) is 12.2 Å². The molecule has 2 rings (SSSR count). The molecule has 0 amide bonds. The van der Waals surface area contributed by atoms with E-state index in [9.17, 15) is 4.79 Å². The van der Waals surface area contributed by atoms with Crippen molar-refractivity contribution in [3.8, 4) is 0 Å². The molecule has 0 aliphatic heterocycles. The first-order chi connectivity index (χ1) is 9.04. The number of aryl methyl sites for hydroxylation is 2. The molecule has 0 atom stereocenters. The first-order valence-corrected chi connectivity index (χ1v) is 5.55. The van der Waals surface area contributed by atoms with Gasteiger partial charge in [0.05, 0.1) is 12.1 Å². The van der Waals surface area contributed by atoms with Gasteiger partial charge in [-0.2, -0.15) is 5.10 Å². The van der Waals surface area contributed by atoms with Gasteiger partial charge in [0.15, 0.2) is 5.84 Å². The Kier molecular flexibility index (Phi) is 3.32. The molecule has 0 aliphatic rings. The summed E-state index contributed by atoms with van der Waals surface area (Å²) >= 11 is 0. The Morgan fingerprint density at radius 1 is 1.53 bits per heavy atom. The third-order valence-corrected chi connectivity index (χ3v) is 2.88. The number of oxime groups is 1. The molecule has 3 N–H and O–H groups in total. The molecule has 8 nitrogen and oxygen atoms in total. The van der Waals surface area contributed by atoms with Gasteiger partial charge in [-0.1, -0.05) is 5.16 Å². The second-order valence-electron chi connectivity index (χ2n) is 4.06. The van der Waals surface area contributed by atoms with Crippen LogP contribution in [0, 0.1) is 6.92 Å². The van der Waals surface area contributed by atoms with Gasteiger partial charge in [0, 0.05) is 12.7 Å². The molecular formula is C11H14N6O2. The molecule has 0 aliphatic carbocycles. The summed E-state index contributed by atoms with van der Waals surface area (Å²) < 4.78 is 3.08. The van der Waals surface area contributed by atoms with Crippen LogP contribution in [0.3, 0.4) is 0 Å². The lowest BCUT2D eigenvalue weighted by molar-refractivity contribution is 0.318. The van der Waals surface area contributed by atoms with Gasteiger partial charge < -0.3 is 15.5 Å². The summed E-state index contributed by atoms with van der Waals surface area (Å²) in [6.45, 7) is 2.07. The standard InChI is InChI=1S/C11H14N6O2/c1-7-3-4-8(10(12)15-19)11(18)17(7)5-9-13-6-14-16(9)2/h3-4,6,19H,5H2,1-2H3,(H2,12,15). The molecule has 100 valence electrons. The average Bonchev–Trinajstić information content (AvgIpc) is 2.79. The molecule has 0 spiro atoms. The first-order valence-electron chi connectivity index (χ1n) is 5.55. The second-order valence-corrected chi connectivity index (χ2v) is 4.06.